The van der Waals surface area contributed by atoms with Gasteiger partial charge in [-0.15, -0.1) is 0 Å². The summed E-state index contributed by atoms with van der Waals surface area (Å²) in [5, 5.41) is 0.540. The number of halogens is 2. The van der Waals surface area contributed by atoms with Gasteiger partial charge in [0, 0.05) is 30.9 Å². The van der Waals surface area contributed by atoms with Crippen LogP contribution in [0.5, 0.6) is 0 Å². The van der Waals surface area contributed by atoms with Gasteiger partial charge in [-0.1, -0.05) is 23.2 Å². The van der Waals surface area contributed by atoms with Crippen molar-refractivity contribution in [3.8, 4) is 0 Å². The van der Waals surface area contributed by atoms with E-state index in [0.29, 0.717) is 5.02 Å². The van der Waals surface area contributed by atoms with E-state index in [1.165, 1.54) is 43.1 Å². The maximum atomic E-state index is 12.4. The first-order valence-corrected chi connectivity index (χ1v) is 6.35. The molecule has 20 heavy (non-hydrogen) atoms. The molecule has 0 bridgehead atoms. The summed E-state index contributed by atoms with van der Waals surface area (Å²) in [6.45, 7) is 0. The molecule has 0 aliphatic carbocycles. The van der Waals surface area contributed by atoms with Crippen LogP contribution in [-0.4, -0.2) is 14.9 Å². The molecule has 2 rings (SSSR count). The highest BCUT2D eigenvalue weighted by Crippen LogP contribution is 2.22. The zero-order valence-electron chi connectivity index (χ0n) is 10.7. The van der Waals surface area contributed by atoms with Crippen LogP contribution in [0.2, 0.25) is 10.0 Å². The Labute approximate surface area is 124 Å². The molecule has 1 aromatic carbocycles. The molecule has 0 fully saturated rings. The second kappa shape index (κ2) is 5.26. The van der Waals surface area contributed by atoms with Gasteiger partial charge in [-0.25, -0.2) is 4.79 Å². The van der Waals surface area contributed by atoms with Gasteiger partial charge in [0.25, 0.3) is 5.56 Å². The van der Waals surface area contributed by atoms with Crippen LogP contribution in [0.25, 0.3) is 0 Å². The number of nitrogens with zero attached hydrogens (tertiary/aromatic N) is 2. The van der Waals surface area contributed by atoms with Gasteiger partial charge in [0.2, 0.25) is 5.78 Å². The van der Waals surface area contributed by atoms with Crippen molar-refractivity contribution in [3.63, 3.8) is 0 Å². The fraction of sp³-hybridized carbons (Fsp3) is 0.154. The standard InChI is InChI=1S/C13H10Cl2N2O3/c1-16-6-9(12(19)17(2)13(16)20)11(18)8-4-3-7(14)5-10(8)15/h3-6H,1-2H3. The molecule has 0 saturated heterocycles. The molecule has 1 aromatic heterocycles. The van der Waals surface area contributed by atoms with Crippen molar-refractivity contribution in [3.05, 3.63) is 66.4 Å². The Morgan fingerprint density at radius 1 is 1.10 bits per heavy atom. The second-order valence-corrected chi connectivity index (χ2v) is 5.10. The van der Waals surface area contributed by atoms with E-state index in [9.17, 15) is 14.4 Å². The molecule has 2 aromatic rings. The molecule has 0 atom stereocenters. The lowest BCUT2D eigenvalue weighted by molar-refractivity contribution is 0.103. The quantitative estimate of drug-likeness (QED) is 0.792. The molecule has 0 aliphatic rings. The Balaban J connectivity index is 2.66. The van der Waals surface area contributed by atoms with E-state index < -0.39 is 17.0 Å². The summed E-state index contributed by atoms with van der Waals surface area (Å²) in [6, 6.07) is 4.37. The van der Waals surface area contributed by atoms with E-state index in [4.69, 9.17) is 23.2 Å². The Bertz CT molecular complexity index is 821. The first-order valence-electron chi connectivity index (χ1n) is 5.59. The minimum absolute atomic E-state index is 0.126. The molecule has 1 heterocycles. The fourth-order valence-electron chi connectivity index (χ4n) is 1.78. The van der Waals surface area contributed by atoms with Crippen molar-refractivity contribution in [2.24, 2.45) is 14.1 Å². The minimum Gasteiger partial charge on any atom is -0.303 e. The molecule has 0 spiro atoms. The number of aryl methyl sites for hydroxylation is 1. The SMILES string of the molecule is Cn1cc(C(=O)c2ccc(Cl)cc2Cl)c(=O)n(C)c1=O. The molecule has 7 heteroatoms. The summed E-state index contributed by atoms with van der Waals surface area (Å²) in [7, 11) is 2.77. The number of ketones is 1. The van der Waals surface area contributed by atoms with Crippen molar-refractivity contribution in [1.82, 2.24) is 9.13 Å². The highest BCUT2D eigenvalue weighted by molar-refractivity contribution is 6.37. The Hall–Kier alpha value is -1.85. The average Bonchev–Trinajstić information content (AvgIpc) is 2.40. The van der Waals surface area contributed by atoms with Crippen LogP contribution in [0.1, 0.15) is 15.9 Å². The fourth-order valence-corrected chi connectivity index (χ4v) is 2.28. The van der Waals surface area contributed by atoms with Gasteiger partial charge in [-0.2, -0.15) is 0 Å². The topological polar surface area (TPSA) is 61.1 Å². The Morgan fingerprint density at radius 2 is 1.75 bits per heavy atom. The molecule has 0 radical (unpaired) electrons. The number of benzene rings is 1. The maximum Gasteiger partial charge on any atom is 0.330 e. The summed E-state index contributed by atoms with van der Waals surface area (Å²) in [5.41, 5.74) is -1.14. The summed E-state index contributed by atoms with van der Waals surface area (Å²) in [6.07, 6.45) is 1.21. The number of carbonyl (C=O) groups is 1. The zero-order valence-corrected chi connectivity index (χ0v) is 12.2. The molecule has 5 nitrogen and oxygen atoms in total. The molecule has 104 valence electrons. The minimum atomic E-state index is -0.663. The van der Waals surface area contributed by atoms with Crippen LogP contribution in [0.15, 0.2) is 34.0 Å². The summed E-state index contributed by atoms with van der Waals surface area (Å²) in [5.74, 6) is -0.553. The monoisotopic (exact) mass is 312 g/mol. The number of aromatic nitrogens is 2. The van der Waals surface area contributed by atoms with Crippen molar-refractivity contribution in [1.29, 1.82) is 0 Å². The van der Waals surface area contributed by atoms with E-state index in [0.717, 1.165) is 4.57 Å². The molecule has 0 N–H and O–H groups in total. The highest BCUT2D eigenvalue weighted by atomic mass is 35.5. The zero-order chi connectivity index (χ0) is 15.0. The van der Waals surface area contributed by atoms with Gasteiger partial charge in [0.1, 0.15) is 5.56 Å². The van der Waals surface area contributed by atoms with Gasteiger partial charge in [-0.3, -0.25) is 14.2 Å². The van der Waals surface area contributed by atoms with E-state index in [-0.39, 0.29) is 16.1 Å². The first-order chi connectivity index (χ1) is 9.32. The van der Waals surface area contributed by atoms with Crippen molar-refractivity contribution < 1.29 is 4.79 Å². The first kappa shape index (κ1) is 14.6. The summed E-state index contributed by atoms with van der Waals surface area (Å²) >= 11 is 11.7. The lowest BCUT2D eigenvalue weighted by atomic mass is 10.1. The average molecular weight is 313 g/mol. The molecule has 0 amide bonds. The maximum absolute atomic E-state index is 12.4. The van der Waals surface area contributed by atoms with E-state index >= 15 is 0 Å². The lowest BCUT2D eigenvalue weighted by Gasteiger charge is -2.07. The Kier molecular flexibility index (Phi) is 3.83. The van der Waals surface area contributed by atoms with Crippen molar-refractivity contribution in [2.45, 2.75) is 0 Å². The number of hydrogen-bond donors (Lipinski definition) is 0. The van der Waals surface area contributed by atoms with Crippen molar-refractivity contribution >= 4 is 29.0 Å². The number of hydrogen-bond acceptors (Lipinski definition) is 3. The summed E-state index contributed by atoms with van der Waals surface area (Å²) < 4.78 is 2.04. The lowest BCUT2D eigenvalue weighted by Crippen LogP contribution is -2.39. The smallest absolute Gasteiger partial charge is 0.303 e. The third-order valence-electron chi connectivity index (χ3n) is 2.87. The van der Waals surface area contributed by atoms with Gasteiger partial charge < -0.3 is 4.57 Å². The van der Waals surface area contributed by atoms with Crippen molar-refractivity contribution in [2.75, 3.05) is 0 Å². The summed E-state index contributed by atoms with van der Waals surface area (Å²) in [4.78, 5) is 35.9. The van der Waals surface area contributed by atoms with Crippen LogP contribution in [0.4, 0.5) is 0 Å². The second-order valence-electron chi connectivity index (χ2n) is 4.25. The number of carbonyl (C=O) groups excluding carboxylic acids is 1. The van der Waals surface area contributed by atoms with E-state index in [1.807, 2.05) is 0 Å². The largest absolute Gasteiger partial charge is 0.330 e. The highest BCUT2D eigenvalue weighted by Gasteiger charge is 2.19. The van der Waals surface area contributed by atoms with E-state index in [2.05, 4.69) is 0 Å². The molecular weight excluding hydrogens is 303 g/mol. The Morgan fingerprint density at radius 3 is 2.35 bits per heavy atom. The van der Waals surface area contributed by atoms with Gasteiger partial charge >= 0.3 is 5.69 Å². The van der Waals surface area contributed by atoms with Crippen LogP contribution in [-0.2, 0) is 14.1 Å². The predicted octanol–water partition coefficient (Wildman–Crippen LogP) is 1.62. The molecule has 0 aliphatic heterocycles. The molecule has 0 unspecified atom stereocenters. The van der Waals surface area contributed by atoms with Gasteiger partial charge in [-0.05, 0) is 18.2 Å². The van der Waals surface area contributed by atoms with Gasteiger partial charge in [0.15, 0.2) is 0 Å². The third kappa shape index (κ3) is 2.42. The predicted molar refractivity (Wildman–Crippen MR) is 76.8 cm³/mol. The number of rotatable bonds is 2. The normalized spacial score (nSPS) is 10.6. The van der Waals surface area contributed by atoms with Gasteiger partial charge in [0.05, 0.1) is 5.02 Å². The van der Waals surface area contributed by atoms with Crippen LogP contribution < -0.4 is 11.2 Å². The van der Waals surface area contributed by atoms with E-state index in [1.54, 1.807) is 0 Å². The third-order valence-corrected chi connectivity index (χ3v) is 3.41. The molecule has 0 saturated carbocycles. The van der Waals surface area contributed by atoms with Crippen LogP contribution in [0, 0.1) is 0 Å². The van der Waals surface area contributed by atoms with Crippen LogP contribution in [0.3, 0.4) is 0 Å². The van der Waals surface area contributed by atoms with Crippen LogP contribution >= 0.6 is 23.2 Å². The molecular formula is C13H10Cl2N2O3.